The number of rotatable bonds is 4. The van der Waals surface area contributed by atoms with E-state index in [9.17, 15) is 0 Å². The van der Waals surface area contributed by atoms with Crippen molar-refractivity contribution < 1.29 is 0 Å². The van der Waals surface area contributed by atoms with Gasteiger partial charge in [0.15, 0.2) is 0 Å². The van der Waals surface area contributed by atoms with E-state index in [-0.39, 0.29) is 6.04 Å². The summed E-state index contributed by atoms with van der Waals surface area (Å²) in [5, 5.41) is 9.00. The highest BCUT2D eigenvalue weighted by Gasteiger charge is 2.25. The summed E-state index contributed by atoms with van der Waals surface area (Å²) in [4.78, 5) is 4.23. The third-order valence-electron chi connectivity index (χ3n) is 4.78. The van der Waals surface area contributed by atoms with Crippen LogP contribution in [-0.2, 0) is 6.42 Å². The lowest BCUT2D eigenvalue weighted by Gasteiger charge is -2.37. The van der Waals surface area contributed by atoms with E-state index in [1.165, 1.54) is 16.7 Å². The summed E-state index contributed by atoms with van der Waals surface area (Å²) >= 11 is 0. The molecule has 0 unspecified atom stereocenters. The van der Waals surface area contributed by atoms with Crippen LogP contribution in [0, 0.1) is 12.3 Å². The second kappa shape index (κ2) is 7.14. The fourth-order valence-corrected chi connectivity index (χ4v) is 3.55. The first-order chi connectivity index (χ1) is 12.0. The molecule has 3 heteroatoms. The molecule has 2 aromatic rings. The molecule has 0 aromatic heterocycles. The molecule has 2 aromatic carbocycles. The molecule has 0 spiro atoms. The van der Waals surface area contributed by atoms with E-state index in [1.807, 2.05) is 12.1 Å². The van der Waals surface area contributed by atoms with Crippen LogP contribution in [0.4, 0.5) is 11.4 Å². The number of anilines is 2. The van der Waals surface area contributed by atoms with Crippen molar-refractivity contribution in [2.45, 2.75) is 40.2 Å². The van der Waals surface area contributed by atoms with Crippen LogP contribution in [-0.4, -0.2) is 18.5 Å². The van der Waals surface area contributed by atoms with Gasteiger partial charge in [-0.05, 0) is 57.4 Å². The molecule has 3 rings (SSSR count). The lowest BCUT2D eigenvalue weighted by atomic mass is 10.1. The van der Waals surface area contributed by atoms with Crippen molar-refractivity contribution in [2.75, 3.05) is 16.3 Å². The first-order valence-electron chi connectivity index (χ1n) is 9.04. The number of nitrogens with one attached hydrogen (secondary N) is 1. The van der Waals surface area contributed by atoms with Gasteiger partial charge in [-0.15, -0.1) is 0 Å². The number of fused-ring (bicyclic) bond motifs is 1. The minimum atomic E-state index is 0.200. The lowest BCUT2D eigenvalue weighted by Crippen LogP contribution is -2.48. The molecule has 0 radical (unpaired) electrons. The van der Waals surface area contributed by atoms with E-state index >= 15 is 0 Å². The molecule has 130 valence electrons. The minimum Gasteiger partial charge on any atom is -0.312 e. The van der Waals surface area contributed by atoms with E-state index in [1.54, 1.807) is 0 Å². The van der Waals surface area contributed by atoms with Gasteiger partial charge in [0.25, 0.3) is 0 Å². The van der Waals surface area contributed by atoms with Crippen LogP contribution in [0.5, 0.6) is 0 Å². The van der Waals surface area contributed by atoms with Crippen molar-refractivity contribution in [3.8, 4) is 0 Å². The highest BCUT2D eigenvalue weighted by Crippen LogP contribution is 2.32. The Morgan fingerprint density at radius 1 is 1.08 bits per heavy atom. The SMILES string of the molecule is CCN(C(=N)N(c1cccc2c1C=CC2)C(C)C)c1ccccc1C. The summed E-state index contributed by atoms with van der Waals surface area (Å²) in [5.41, 5.74) is 6.01. The van der Waals surface area contributed by atoms with Crippen LogP contribution < -0.4 is 9.80 Å². The molecule has 1 N–H and O–H groups in total. The van der Waals surface area contributed by atoms with Crippen LogP contribution in [0.3, 0.4) is 0 Å². The molecule has 0 atom stereocenters. The summed E-state index contributed by atoms with van der Waals surface area (Å²) in [5.74, 6) is 0.528. The van der Waals surface area contributed by atoms with Gasteiger partial charge < -0.3 is 9.80 Å². The Morgan fingerprint density at radius 3 is 2.48 bits per heavy atom. The number of hydrogen-bond donors (Lipinski definition) is 1. The Balaban J connectivity index is 2.04. The van der Waals surface area contributed by atoms with Gasteiger partial charge in [-0.1, -0.05) is 42.5 Å². The number of guanidine groups is 1. The third kappa shape index (κ3) is 3.19. The lowest BCUT2D eigenvalue weighted by molar-refractivity contribution is 0.786. The second-order valence-electron chi connectivity index (χ2n) is 6.77. The van der Waals surface area contributed by atoms with Crippen LogP contribution in [0.2, 0.25) is 0 Å². The van der Waals surface area contributed by atoms with E-state index in [4.69, 9.17) is 5.41 Å². The van der Waals surface area contributed by atoms with E-state index in [2.05, 4.69) is 80.0 Å². The molecule has 1 aliphatic rings. The average molecular weight is 333 g/mol. The quantitative estimate of drug-likeness (QED) is 0.612. The van der Waals surface area contributed by atoms with E-state index in [0.29, 0.717) is 5.96 Å². The number of nitrogens with zero attached hydrogens (tertiary/aromatic N) is 2. The van der Waals surface area contributed by atoms with Gasteiger partial charge in [0.1, 0.15) is 0 Å². The van der Waals surface area contributed by atoms with Gasteiger partial charge in [0.2, 0.25) is 5.96 Å². The maximum absolute atomic E-state index is 9.00. The number of hydrogen-bond acceptors (Lipinski definition) is 1. The van der Waals surface area contributed by atoms with Crippen molar-refractivity contribution in [1.82, 2.24) is 0 Å². The predicted molar refractivity (Wildman–Crippen MR) is 109 cm³/mol. The molecule has 0 aliphatic heterocycles. The molecule has 25 heavy (non-hydrogen) atoms. The first kappa shape index (κ1) is 17.3. The molecule has 0 heterocycles. The van der Waals surface area contributed by atoms with Crippen molar-refractivity contribution in [3.05, 3.63) is 65.2 Å². The van der Waals surface area contributed by atoms with Crippen LogP contribution in [0.1, 0.15) is 37.5 Å². The smallest absolute Gasteiger partial charge is 0.203 e. The highest BCUT2D eigenvalue weighted by atomic mass is 15.4. The minimum absolute atomic E-state index is 0.200. The van der Waals surface area contributed by atoms with E-state index in [0.717, 1.165) is 24.3 Å². The molecular formula is C22H27N3. The van der Waals surface area contributed by atoms with Gasteiger partial charge in [-0.25, -0.2) is 0 Å². The standard InChI is InChI=1S/C22H27N3/c1-5-24(20-14-7-6-10-17(20)4)22(23)25(16(2)3)21-15-9-12-18-11-8-13-19(18)21/h6-10,12-16,23H,5,11H2,1-4H3. The summed E-state index contributed by atoms with van der Waals surface area (Å²) in [6, 6.07) is 14.9. The van der Waals surface area contributed by atoms with Gasteiger partial charge in [0, 0.05) is 23.8 Å². The Kier molecular flexibility index (Phi) is 4.93. The molecule has 0 amide bonds. The number of aryl methyl sites for hydroxylation is 1. The molecule has 3 nitrogen and oxygen atoms in total. The van der Waals surface area contributed by atoms with Crippen molar-refractivity contribution in [1.29, 1.82) is 5.41 Å². The van der Waals surface area contributed by atoms with Gasteiger partial charge in [-0.3, -0.25) is 5.41 Å². The zero-order chi connectivity index (χ0) is 18.0. The summed E-state index contributed by atoms with van der Waals surface area (Å²) in [7, 11) is 0. The van der Waals surface area contributed by atoms with Gasteiger partial charge in [-0.2, -0.15) is 0 Å². The summed E-state index contributed by atoms with van der Waals surface area (Å²) in [6.07, 6.45) is 5.38. The number of para-hydroxylation sites is 1. The zero-order valence-corrected chi connectivity index (χ0v) is 15.6. The normalized spacial score (nSPS) is 12.4. The fourth-order valence-electron chi connectivity index (χ4n) is 3.55. The predicted octanol–water partition coefficient (Wildman–Crippen LogP) is 5.24. The molecule has 0 saturated carbocycles. The number of allylic oxidation sites excluding steroid dienone is 1. The topological polar surface area (TPSA) is 30.3 Å². The highest BCUT2D eigenvalue weighted by molar-refractivity contribution is 6.07. The van der Waals surface area contributed by atoms with E-state index < -0.39 is 0 Å². The molecular weight excluding hydrogens is 306 g/mol. The van der Waals surface area contributed by atoms with Crippen LogP contribution >= 0.6 is 0 Å². The van der Waals surface area contributed by atoms with Crippen LogP contribution in [0.25, 0.3) is 6.08 Å². The van der Waals surface area contributed by atoms with Gasteiger partial charge >= 0.3 is 0 Å². The molecule has 1 aliphatic carbocycles. The largest absolute Gasteiger partial charge is 0.312 e. The monoisotopic (exact) mass is 333 g/mol. The Morgan fingerprint density at radius 2 is 1.80 bits per heavy atom. The third-order valence-corrected chi connectivity index (χ3v) is 4.78. The fraction of sp³-hybridized carbons (Fsp3) is 0.318. The second-order valence-corrected chi connectivity index (χ2v) is 6.77. The van der Waals surface area contributed by atoms with Crippen molar-refractivity contribution in [3.63, 3.8) is 0 Å². The summed E-state index contributed by atoms with van der Waals surface area (Å²) in [6.45, 7) is 9.27. The molecule has 0 fully saturated rings. The maximum Gasteiger partial charge on any atom is 0.203 e. The average Bonchev–Trinajstić information content (AvgIpc) is 3.06. The van der Waals surface area contributed by atoms with Crippen molar-refractivity contribution >= 4 is 23.4 Å². The zero-order valence-electron chi connectivity index (χ0n) is 15.6. The number of benzene rings is 2. The van der Waals surface area contributed by atoms with Gasteiger partial charge in [0.05, 0.1) is 5.69 Å². The Hall–Kier alpha value is -2.55. The Bertz CT molecular complexity index is 805. The van der Waals surface area contributed by atoms with Crippen molar-refractivity contribution in [2.24, 2.45) is 0 Å². The van der Waals surface area contributed by atoms with Crippen LogP contribution in [0.15, 0.2) is 48.5 Å². The molecule has 0 saturated heterocycles. The first-order valence-corrected chi connectivity index (χ1v) is 9.04. The Labute approximate surface area is 151 Å². The summed E-state index contributed by atoms with van der Waals surface area (Å²) < 4.78 is 0. The maximum atomic E-state index is 9.00. The molecule has 0 bridgehead atoms.